The maximum atomic E-state index is 13.1. The molecule has 0 N–H and O–H groups in total. The van der Waals surface area contributed by atoms with Crippen LogP contribution in [0.15, 0.2) is 4.42 Å². The summed E-state index contributed by atoms with van der Waals surface area (Å²) < 4.78 is 17.0. The number of fused-ring (bicyclic) bond motifs is 1. The zero-order valence-electron chi connectivity index (χ0n) is 17.5. The van der Waals surface area contributed by atoms with Gasteiger partial charge in [0.2, 0.25) is 5.91 Å². The summed E-state index contributed by atoms with van der Waals surface area (Å²) in [5, 5.41) is 0. The van der Waals surface area contributed by atoms with Gasteiger partial charge in [0.25, 0.3) is 5.91 Å². The number of carbonyl (C=O) groups excluding carboxylic acids is 2. The molecule has 0 spiro atoms. The highest BCUT2D eigenvalue weighted by molar-refractivity contribution is 5.82. The lowest BCUT2D eigenvalue weighted by Crippen LogP contribution is -2.47. The van der Waals surface area contributed by atoms with Crippen LogP contribution in [0.25, 0.3) is 0 Å². The van der Waals surface area contributed by atoms with Crippen LogP contribution in [-0.2, 0) is 32.0 Å². The lowest BCUT2D eigenvalue weighted by atomic mass is 9.94. The molecule has 164 valence electrons. The highest BCUT2D eigenvalue weighted by Crippen LogP contribution is 2.31. The molecule has 0 bridgehead atoms. The van der Waals surface area contributed by atoms with E-state index in [1.165, 1.54) is 0 Å². The first kappa shape index (κ1) is 20.0. The van der Waals surface area contributed by atoms with Crippen molar-refractivity contribution in [3.8, 4) is 0 Å². The van der Waals surface area contributed by atoms with Gasteiger partial charge in [-0.1, -0.05) is 0 Å². The quantitative estimate of drug-likeness (QED) is 0.747. The molecule has 5 heterocycles. The Morgan fingerprint density at radius 1 is 0.900 bits per heavy atom. The molecule has 0 aromatic carbocycles. The molecule has 4 aliphatic rings. The third-order valence-corrected chi connectivity index (χ3v) is 6.99. The molecule has 8 heteroatoms. The number of nitrogens with zero attached hydrogens (tertiary/aromatic N) is 3. The third kappa shape index (κ3) is 3.99. The minimum Gasteiger partial charge on any atom is -0.445 e. The number of carbonyl (C=O) groups is 2. The molecule has 1 aromatic heterocycles. The number of rotatable bonds is 3. The molecular weight excluding hydrogens is 386 g/mol. The summed E-state index contributed by atoms with van der Waals surface area (Å²) in [4.78, 5) is 34.2. The van der Waals surface area contributed by atoms with Gasteiger partial charge in [-0.3, -0.25) is 9.59 Å². The summed E-state index contributed by atoms with van der Waals surface area (Å²) in [7, 11) is 0. The first-order valence-electron chi connectivity index (χ1n) is 11.4. The Bertz CT molecular complexity index is 774. The van der Waals surface area contributed by atoms with Crippen molar-refractivity contribution in [3.63, 3.8) is 0 Å². The minimum atomic E-state index is -0.269. The molecule has 8 nitrogen and oxygen atoms in total. The zero-order chi connectivity index (χ0) is 20.5. The second kappa shape index (κ2) is 8.67. The van der Waals surface area contributed by atoms with E-state index in [9.17, 15) is 9.59 Å². The maximum Gasteiger partial charge on any atom is 0.251 e. The van der Waals surface area contributed by atoms with Gasteiger partial charge in [-0.05, 0) is 38.5 Å². The molecule has 3 fully saturated rings. The fourth-order valence-corrected chi connectivity index (χ4v) is 5.11. The summed E-state index contributed by atoms with van der Waals surface area (Å²) in [5.41, 5.74) is 0.919. The highest BCUT2D eigenvalue weighted by atomic mass is 16.5. The molecule has 5 rings (SSSR count). The second-order valence-corrected chi connectivity index (χ2v) is 8.92. The molecule has 1 atom stereocenters. The molecule has 2 amide bonds. The van der Waals surface area contributed by atoms with Gasteiger partial charge in [0.15, 0.2) is 5.89 Å². The zero-order valence-corrected chi connectivity index (χ0v) is 17.5. The lowest BCUT2D eigenvalue weighted by molar-refractivity contribution is -0.146. The average Bonchev–Trinajstić information content (AvgIpc) is 3.48. The third-order valence-electron chi connectivity index (χ3n) is 6.99. The van der Waals surface area contributed by atoms with E-state index in [1.54, 1.807) is 0 Å². The van der Waals surface area contributed by atoms with Gasteiger partial charge in [0.05, 0.1) is 6.54 Å². The molecule has 0 radical (unpaired) electrons. The van der Waals surface area contributed by atoms with Gasteiger partial charge in [-0.25, -0.2) is 4.98 Å². The Kier molecular flexibility index (Phi) is 5.78. The molecule has 1 aromatic rings. The predicted octanol–water partition coefficient (Wildman–Crippen LogP) is 1.87. The van der Waals surface area contributed by atoms with Gasteiger partial charge < -0.3 is 23.7 Å². The molecule has 30 heavy (non-hydrogen) atoms. The van der Waals surface area contributed by atoms with E-state index < -0.39 is 0 Å². The topological polar surface area (TPSA) is 85.1 Å². The summed E-state index contributed by atoms with van der Waals surface area (Å²) in [6, 6.07) is 0. The van der Waals surface area contributed by atoms with Crippen LogP contribution in [0.3, 0.4) is 0 Å². The molecule has 4 aliphatic heterocycles. The van der Waals surface area contributed by atoms with E-state index in [0.29, 0.717) is 38.7 Å². The van der Waals surface area contributed by atoms with Crippen LogP contribution in [0.1, 0.15) is 61.8 Å². The smallest absolute Gasteiger partial charge is 0.251 e. The Morgan fingerprint density at radius 2 is 1.70 bits per heavy atom. The van der Waals surface area contributed by atoms with Gasteiger partial charge in [0.1, 0.15) is 17.6 Å². The van der Waals surface area contributed by atoms with Crippen molar-refractivity contribution in [1.29, 1.82) is 0 Å². The van der Waals surface area contributed by atoms with E-state index in [-0.39, 0.29) is 23.8 Å². The number of likely N-dealkylation sites (tertiary alicyclic amines) is 1. The Hall–Kier alpha value is -1.93. The van der Waals surface area contributed by atoms with Crippen LogP contribution in [0.2, 0.25) is 0 Å². The van der Waals surface area contributed by atoms with E-state index in [0.717, 1.165) is 75.5 Å². The van der Waals surface area contributed by atoms with Gasteiger partial charge in [0, 0.05) is 57.7 Å². The van der Waals surface area contributed by atoms with E-state index in [1.807, 2.05) is 9.80 Å². The van der Waals surface area contributed by atoms with Gasteiger partial charge >= 0.3 is 0 Å². The molecule has 1 unspecified atom stereocenters. The fraction of sp³-hybridized carbons (Fsp3) is 0.773. The number of hydrogen-bond acceptors (Lipinski definition) is 6. The predicted molar refractivity (Wildman–Crippen MR) is 107 cm³/mol. The number of piperidine rings is 1. The number of oxazole rings is 1. The lowest BCUT2D eigenvalue weighted by Gasteiger charge is -2.35. The molecule has 0 saturated carbocycles. The van der Waals surface area contributed by atoms with E-state index in [4.69, 9.17) is 18.9 Å². The van der Waals surface area contributed by atoms with Gasteiger partial charge in [-0.2, -0.15) is 0 Å². The van der Waals surface area contributed by atoms with E-state index >= 15 is 0 Å². The molecule has 3 saturated heterocycles. The molecule has 0 aliphatic carbocycles. The largest absolute Gasteiger partial charge is 0.445 e. The van der Waals surface area contributed by atoms with Crippen LogP contribution in [0.4, 0.5) is 0 Å². The fourth-order valence-electron chi connectivity index (χ4n) is 5.11. The van der Waals surface area contributed by atoms with Crippen molar-refractivity contribution < 1.29 is 23.5 Å². The van der Waals surface area contributed by atoms with Crippen LogP contribution < -0.4 is 0 Å². The molecular formula is C22H31N3O5. The van der Waals surface area contributed by atoms with Crippen LogP contribution in [-0.4, -0.2) is 72.2 Å². The van der Waals surface area contributed by atoms with Crippen molar-refractivity contribution in [2.75, 3.05) is 39.5 Å². The van der Waals surface area contributed by atoms with Crippen LogP contribution in [0, 0.1) is 5.92 Å². The van der Waals surface area contributed by atoms with Crippen molar-refractivity contribution in [2.24, 2.45) is 5.92 Å². The number of aromatic nitrogens is 1. The van der Waals surface area contributed by atoms with Crippen LogP contribution >= 0.6 is 0 Å². The van der Waals surface area contributed by atoms with Gasteiger partial charge in [-0.15, -0.1) is 0 Å². The summed E-state index contributed by atoms with van der Waals surface area (Å²) in [6.45, 7) is 4.71. The SMILES string of the molecule is O=C(C1CCN(C(=O)C2CCCO2)CC1)N1CCc2oc(C3CCOCC3)nc2C1. The number of hydrogen-bond donors (Lipinski definition) is 0. The van der Waals surface area contributed by atoms with Crippen molar-refractivity contribution in [2.45, 2.75) is 63.5 Å². The normalized spacial score (nSPS) is 26.1. The average molecular weight is 418 g/mol. The Balaban J connectivity index is 1.16. The van der Waals surface area contributed by atoms with Crippen molar-refractivity contribution in [1.82, 2.24) is 14.8 Å². The highest BCUT2D eigenvalue weighted by Gasteiger charge is 2.36. The summed E-state index contributed by atoms with van der Waals surface area (Å²) in [5.74, 6) is 2.38. The minimum absolute atomic E-state index is 0.0121. The maximum absolute atomic E-state index is 13.1. The Labute approximate surface area is 176 Å². The Morgan fingerprint density at radius 3 is 2.43 bits per heavy atom. The van der Waals surface area contributed by atoms with E-state index in [2.05, 4.69) is 0 Å². The first-order chi connectivity index (χ1) is 14.7. The van der Waals surface area contributed by atoms with Crippen molar-refractivity contribution >= 4 is 11.8 Å². The number of ether oxygens (including phenoxy) is 2. The number of amides is 2. The standard InChI is InChI=1S/C22H31N3O5/c26-21(16-3-8-24(9-4-16)22(27)19-2-1-11-29-19)25-10-5-18-17(14-25)23-20(30-18)15-6-12-28-13-7-15/h15-16,19H,1-14H2. The summed E-state index contributed by atoms with van der Waals surface area (Å²) in [6.07, 6.45) is 5.60. The van der Waals surface area contributed by atoms with Crippen LogP contribution in [0.5, 0.6) is 0 Å². The van der Waals surface area contributed by atoms with Crippen molar-refractivity contribution in [3.05, 3.63) is 17.3 Å². The monoisotopic (exact) mass is 417 g/mol. The summed E-state index contributed by atoms with van der Waals surface area (Å²) >= 11 is 0. The second-order valence-electron chi connectivity index (χ2n) is 8.92. The first-order valence-corrected chi connectivity index (χ1v) is 11.4.